The Bertz CT molecular complexity index is 461. The summed E-state index contributed by atoms with van der Waals surface area (Å²) in [6, 6.07) is 5.40. The van der Waals surface area contributed by atoms with Gasteiger partial charge in [0.15, 0.2) is 5.11 Å². The molecule has 0 atom stereocenters. The van der Waals surface area contributed by atoms with Gasteiger partial charge in [0.1, 0.15) is 5.75 Å². The molecule has 1 saturated carbocycles. The van der Waals surface area contributed by atoms with E-state index in [9.17, 15) is 5.11 Å². The molecule has 5 heteroatoms. The van der Waals surface area contributed by atoms with Crippen molar-refractivity contribution in [1.82, 2.24) is 5.32 Å². The lowest BCUT2D eigenvalue weighted by molar-refractivity contribution is 0.413. The molecule has 2 N–H and O–H groups in total. The molecule has 1 aliphatic carbocycles. The summed E-state index contributed by atoms with van der Waals surface area (Å²) in [4.78, 5) is 1.77. The first kappa shape index (κ1) is 14.4. The third-order valence-corrected chi connectivity index (χ3v) is 4.16. The minimum absolute atomic E-state index is 0.180. The van der Waals surface area contributed by atoms with Gasteiger partial charge in [-0.2, -0.15) is 0 Å². The van der Waals surface area contributed by atoms with Crippen molar-refractivity contribution in [3.05, 3.63) is 23.2 Å². The van der Waals surface area contributed by atoms with E-state index in [-0.39, 0.29) is 5.75 Å². The van der Waals surface area contributed by atoms with Crippen LogP contribution in [0.3, 0.4) is 0 Å². The Balaban J connectivity index is 2.03. The van der Waals surface area contributed by atoms with E-state index in [1.54, 1.807) is 23.1 Å². The molecule has 1 aromatic rings. The van der Waals surface area contributed by atoms with Gasteiger partial charge in [-0.1, -0.05) is 30.9 Å². The van der Waals surface area contributed by atoms with Crippen LogP contribution >= 0.6 is 23.8 Å². The number of benzene rings is 1. The fourth-order valence-electron chi connectivity index (χ4n) is 2.39. The standard InChI is InChI=1S/C14H19ClN2OS/c1-17(12-9-10(15)7-8-13(12)18)14(19)16-11-5-3-2-4-6-11/h7-9,11,18H,2-6H2,1H3,(H,16,19). The molecule has 1 fully saturated rings. The zero-order valence-electron chi connectivity index (χ0n) is 11.0. The van der Waals surface area contributed by atoms with Gasteiger partial charge in [-0.3, -0.25) is 0 Å². The molecule has 0 unspecified atom stereocenters. The Morgan fingerprint density at radius 3 is 2.74 bits per heavy atom. The van der Waals surface area contributed by atoms with Crippen LogP contribution in [-0.4, -0.2) is 23.3 Å². The normalized spacial score (nSPS) is 16.1. The van der Waals surface area contributed by atoms with Gasteiger partial charge in [0.05, 0.1) is 5.69 Å². The van der Waals surface area contributed by atoms with Crippen LogP contribution in [0, 0.1) is 0 Å². The minimum atomic E-state index is 0.180. The van der Waals surface area contributed by atoms with Gasteiger partial charge < -0.3 is 15.3 Å². The average Bonchev–Trinajstić information content (AvgIpc) is 2.42. The number of anilines is 1. The summed E-state index contributed by atoms with van der Waals surface area (Å²) in [5, 5.41) is 14.5. The van der Waals surface area contributed by atoms with Crippen molar-refractivity contribution in [3.8, 4) is 5.75 Å². The number of halogens is 1. The first-order valence-corrected chi connectivity index (χ1v) is 7.39. The van der Waals surface area contributed by atoms with E-state index in [1.807, 2.05) is 7.05 Å². The molecule has 0 heterocycles. The molecule has 0 amide bonds. The number of hydrogen-bond donors (Lipinski definition) is 2. The molecule has 2 rings (SSSR count). The van der Waals surface area contributed by atoms with Crippen molar-refractivity contribution in [3.63, 3.8) is 0 Å². The third-order valence-electron chi connectivity index (χ3n) is 3.54. The lowest BCUT2D eigenvalue weighted by atomic mass is 9.96. The van der Waals surface area contributed by atoms with Gasteiger partial charge in [0.25, 0.3) is 0 Å². The highest BCUT2D eigenvalue weighted by Gasteiger charge is 2.17. The van der Waals surface area contributed by atoms with Crippen molar-refractivity contribution in [2.45, 2.75) is 38.1 Å². The van der Waals surface area contributed by atoms with Crippen LogP contribution in [-0.2, 0) is 0 Å². The fourth-order valence-corrected chi connectivity index (χ4v) is 2.82. The number of nitrogens with zero attached hydrogens (tertiary/aromatic N) is 1. The fraction of sp³-hybridized carbons (Fsp3) is 0.500. The molecule has 1 aliphatic rings. The summed E-state index contributed by atoms with van der Waals surface area (Å²) in [7, 11) is 1.84. The van der Waals surface area contributed by atoms with Gasteiger partial charge >= 0.3 is 0 Å². The largest absolute Gasteiger partial charge is 0.506 e. The molecule has 104 valence electrons. The number of nitrogens with one attached hydrogen (secondary N) is 1. The van der Waals surface area contributed by atoms with E-state index in [2.05, 4.69) is 5.32 Å². The van der Waals surface area contributed by atoms with E-state index < -0.39 is 0 Å². The lowest BCUT2D eigenvalue weighted by Crippen LogP contribution is -2.43. The average molecular weight is 299 g/mol. The number of phenols is 1. The topological polar surface area (TPSA) is 35.5 Å². The molecule has 1 aromatic carbocycles. The predicted octanol–water partition coefficient (Wildman–Crippen LogP) is 3.69. The van der Waals surface area contributed by atoms with Crippen LogP contribution in [0.5, 0.6) is 5.75 Å². The van der Waals surface area contributed by atoms with Crippen LogP contribution in [0.15, 0.2) is 18.2 Å². The lowest BCUT2D eigenvalue weighted by Gasteiger charge is -2.28. The van der Waals surface area contributed by atoms with Gasteiger partial charge in [0.2, 0.25) is 0 Å². The Kier molecular flexibility index (Phi) is 4.88. The summed E-state index contributed by atoms with van der Waals surface area (Å²) in [6.07, 6.45) is 6.15. The Morgan fingerprint density at radius 2 is 2.05 bits per heavy atom. The van der Waals surface area contributed by atoms with Crippen LogP contribution in [0.25, 0.3) is 0 Å². The van der Waals surface area contributed by atoms with Crippen molar-refractivity contribution in [2.24, 2.45) is 0 Å². The molecular weight excluding hydrogens is 280 g/mol. The van der Waals surface area contributed by atoms with Crippen LogP contribution < -0.4 is 10.2 Å². The zero-order valence-corrected chi connectivity index (χ0v) is 12.6. The molecule has 0 saturated heterocycles. The molecule has 0 aromatic heterocycles. The Hall–Kier alpha value is -1.00. The van der Waals surface area contributed by atoms with Gasteiger partial charge in [-0.15, -0.1) is 0 Å². The van der Waals surface area contributed by atoms with E-state index in [4.69, 9.17) is 23.8 Å². The number of rotatable bonds is 2. The highest BCUT2D eigenvalue weighted by molar-refractivity contribution is 7.80. The van der Waals surface area contributed by atoms with Gasteiger partial charge in [-0.25, -0.2) is 0 Å². The van der Waals surface area contributed by atoms with Crippen molar-refractivity contribution < 1.29 is 5.11 Å². The number of thiocarbonyl (C=S) groups is 1. The Labute approximate surface area is 124 Å². The van der Waals surface area contributed by atoms with Crippen LogP contribution in [0.1, 0.15) is 32.1 Å². The highest BCUT2D eigenvalue weighted by Crippen LogP contribution is 2.29. The maximum Gasteiger partial charge on any atom is 0.173 e. The molecule has 0 aliphatic heterocycles. The summed E-state index contributed by atoms with van der Waals surface area (Å²) in [6.45, 7) is 0. The Morgan fingerprint density at radius 1 is 1.37 bits per heavy atom. The number of phenolic OH excluding ortho intramolecular Hbond substituents is 1. The van der Waals surface area contributed by atoms with Crippen molar-refractivity contribution >= 4 is 34.6 Å². The van der Waals surface area contributed by atoms with Crippen LogP contribution in [0.4, 0.5) is 5.69 Å². The van der Waals surface area contributed by atoms with Gasteiger partial charge in [-0.05, 0) is 43.3 Å². The molecule has 0 spiro atoms. The smallest absolute Gasteiger partial charge is 0.173 e. The predicted molar refractivity (Wildman–Crippen MR) is 84.1 cm³/mol. The van der Waals surface area contributed by atoms with Gasteiger partial charge in [0, 0.05) is 18.1 Å². The number of aromatic hydroxyl groups is 1. The highest BCUT2D eigenvalue weighted by atomic mass is 35.5. The second-order valence-electron chi connectivity index (χ2n) is 4.98. The van der Waals surface area contributed by atoms with E-state index in [0.717, 1.165) is 12.8 Å². The molecule has 0 bridgehead atoms. The van der Waals surface area contributed by atoms with Crippen LogP contribution in [0.2, 0.25) is 5.02 Å². The van der Waals surface area contributed by atoms with E-state index in [1.165, 1.54) is 19.3 Å². The molecule has 0 radical (unpaired) electrons. The molecule has 19 heavy (non-hydrogen) atoms. The third kappa shape index (κ3) is 3.74. The van der Waals surface area contributed by atoms with Crippen molar-refractivity contribution in [2.75, 3.05) is 11.9 Å². The first-order valence-electron chi connectivity index (χ1n) is 6.60. The van der Waals surface area contributed by atoms with E-state index >= 15 is 0 Å². The minimum Gasteiger partial charge on any atom is -0.506 e. The number of hydrogen-bond acceptors (Lipinski definition) is 2. The monoisotopic (exact) mass is 298 g/mol. The molecular formula is C14H19ClN2OS. The second-order valence-corrected chi connectivity index (χ2v) is 5.80. The SMILES string of the molecule is CN(C(=S)NC1CCCCC1)c1cc(Cl)ccc1O. The van der Waals surface area contributed by atoms with E-state index in [0.29, 0.717) is 21.9 Å². The summed E-state index contributed by atoms with van der Waals surface area (Å²) >= 11 is 11.4. The first-order chi connectivity index (χ1) is 9.08. The second kappa shape index (κ2) is 6.44. The summed E-state index contributed by atoms with van der Waals surface area (Å²) in [5.74, 6) is 0.180. The maximum atomic E-state index is 9.87. The summed E-state index contributed by atoms with van der Waals surface area (Å²) < 4.78 is 0. The quantitative estimate of drug-likeness (QED) is 0.816. The maximum absolute atomic E-state index is 9.87. The zero-order chi connectivity index (χ0) is 13.8. The summed E-state index contributed by atoms with van der Waals surface area (Å²) in [5.41, 5.74) is 0.626. The van der Waals surface area contributed by atoms with Crippen molar-refractivity contribution in [1.29, 1.82) is 0 Å². The molecule has 3 nitrogen and oxygen atoms in total.